The predicted molar refractivity (Wildman–Crippen MR) is 43.0 cm³/mol. The Morgan fingerprint density at radius 3 is 2.00 bits per heavy atom. The van der Waals surface area contributed by atoms with Gasteiger partial charge in [-0.1, -0.05) is 6.58 Å². The summed E-state index contributed by atoms with van der Waals surface area (Å²) in [5.41, 5.74) is -0.415. The maximum atomic E-state index is 11.1. The lowest BCUT2D eigenvalue weighted by atomic mass is 9.98. The van der Waals surface area contributed by atoms with E-state index in [1.54, 1.807) is 0 Å². The van der Waals surface area contributed by atoms with Crippen LogP contribution in [0.5, 0.6) is 0 Å². The molecule has 0 atom stereocenters. The number of hydrogen-bond donors (Lipinski definition) is 0. The van der Waals surface area contributed by atoms with Crippen molar-refractivity contribution in [3.05, 3.63) is 12.7 Å². The fourth-order valence-electron chi connectivity index (χ4n) is 0.470. The van der Waals surface area contributed by atoms with Gasteiger partial charge in [-0.05, 0) is 34.0 Å². The van der Waals surface area contributed by atoms with Crippen molar-refractivity contribution in [2.45, 2.75) is 19.4 Å². The summed E-state index contributed by atoms with van der Waals surface area (Å²) in [6.07, 6.45) is 1.36. The molecule has 0 aromatic rings. The summed E-state index contributed by atoms with van der Waals surface area (Å²) in [4.78, 5) is 13.0. The Kier molecular flexibility index (Phi) is 2.78. The highest BCUT2D eigenvalue weighted by Gasteiger charge is 2.26. The number of carbonyl (C=O) groups is 1. The zero-order valence-corrected chi connectivity index (χ0v) is 7.14. The quantitative estimate of drug-likeness (QED) is 0.548. The van der Waals surface area contributed by atoms with Crippen LogP contribution in [-0.2, 0) is 4.79 Å². The lowest BCUT2D eigenvalue weighted by Gasteiger charge is -2.29. The summed E-state index contributed by atoms with van der Waals surface area (Å²) in [5.74, 6) is 0.0532. The van der Waals surface area contributed by atoms with Crippen molar-refractivity contribution in [1.29, 1.82) is 0 Å². The number of carbonyl (C=O) groups excluding carboxylic acids is 1. The number of likely N-dealkylation sites (N-methyl/N-ethyl adjacent to an activating group) is 1. The molecule has 0 aliphatic heterocycles. The van der Waals surface area contributed by atoms with E-state index in [9.17, 15) is 4.79 Å². The average molecular weight is 141 g/mol. The highest BCUT2D eigenvalue weighted by atomic mass is 16.1. The smallest absolute Gasteiger partial charge is 0.174 e. The van der Waals surface area contributed by atoms with Crippen LogP contribution >= 0.6 is 0 Å². The van der Waals surface area contributed by atoms with Gasteiger partial charge in [0.15, 0.2) is 5.78 Å². The Balaban J connectivity index is 4.39. The van der Waals surface area contributed by atoms with Crippen molar-refractivity contribution < 1.29 is 4.79 Å². The molecular weight excluding hydrogens is 126 g/mol. The Hall–Kier alpha value is -0.630. The van der Waals surface area contributed by atoms with Crippen LogP contribution in [0.15, 0.2) is 12.7 Å². The molecule has 0 aromatic heterocycles. The molecule has 10 heavy (non-hydrogen) atoms. The van der Waals surface area contributed by atoms with E-state index in [2.05, 4.69) is 6.58 Å². The van der Waals surface area contributed by atoms with E-state index in [1.165, 1.54) is 6.08 Å². The molecule has 58 valence electrons. The van der Waals surface area contributed by atoms with Crippen molar-refractivity contribution in [2.24, 2.45) is 0 Å². The summed E-state index contributed by atoms with van der Waals surface area (Å²) in [5, 5.41) is 0. The van der Waals surface area contributed by atoms with Gasteiger partial charge in [0.2, 0.25) is 0 Å². The van der Waals surface area contributed by atoms with Gasteiger partial charge in [0.1, 0.15) is 0 Å². The molecule has 0 saturated carbocycles. The Bertz CT molecular complexity index is 147. The van der Waals surface area contributed by atoms with E-state index in [0.29, 0.717) is 0 Å². The van der Waals surface area contributed by atoms with Crippen LogP contribution in [0.25, 0.3) is 0 Å². The standard InChI is InChI=1S/C8H15NO/c1-6-7(10)8(2,3)9(4)5/h6H,1H2,2-5H3. The summed E-state index contributed by atoms with van der Waals surface area (Å²) in [6, 6.07) is 0. The second-order valence-corrected chi connectivity index (χ2v) is 3.02. The normalized spacial score (nSPS) is 11.7. The van der Waals surface area contributed by atoms with Crippen molar-refractivity contribution >= 4 is 5.78 Å². The predicted octanol–water partition coefficient (Wildman–Crippen LogP) is 1.08. The van der Waals surface area contributed by atoms with Gasteiger partial charge in [-0.25, -0.2) is 0 Å². The van der Waals surface area contributed by atoms with Gasteiger partial charge >= 0.3 is 0 Å². The number of nitrogens with zero attached hydrogens (tertiary/aromatic N) is 1. The van der Waals surface area contributed by atoms with Gasteiger partial charge in [-0.3, -0.25) is 9.69 Å². The highest BCUT2D eigenvalue weighted by molar-refractivity contribution is 5.96. The van der Waals surface area contributed by atoms with E-state index in [-0.39, 0.29) is 5.78 Å². The molecule has 0 saturated heterocycles. The number of rotatable bonds is 3. The van der Waals surface area contributed by atoms with Crippen LogP contribution in [0.3, 0.4) is 0 Å². The third-order valence-electron chi connectivity index (χ3n) is 1.91. The minimum Gasteiger partial charge on any atom is -0.297 e. The molecule has 0 rings (SSSR count). The second kappa shape index (κ2) is 2.97. The van der Waals surface area contributed by atoms with Gasteiger partial charge in [0.25, 0.3) is 0 Å². The molecule has 0 aromatic carbocycles. The molecule has 0 aliphatic rings. The lowest BCUT2D eigenvalue weighted by molar-refractivity contribution is -0.123. The van der Waals surface area contributed by atoms with Gasteiger partial charge in [-0.2, -0.15) is 0 Å². The first kappa shape index (κ1) is 9.37. The van der Waals surface area contributed by atoms with Crippen molar-refractivity contribution in [3.63, 3.8) is 0 Å². The van der Waals surface area contributed by atoms with Gasteiger partial charge < -0.3 is 0 Å². The van der Waals surface area contributed by atoms with Gasteiger partial charge in [0, 0.05) is 0 Å². The average Bonchev–Trinajstić information content (AvgIpc) is 1.86. The molecular formula is C8H15NO. The third-order valence-corrected chi connectivity index (χ3v) is 1.91. The van der Waals surface area contributed by atoms with E-state index in [0.717, 1.165) is 0 Å². The summed E-state index contributed by atoms with van der Waals surface area (Å²) in [7, 11) is 3.75. The molecule has 0 unspecified atom stereocenters. The largest absolute Gasteiger partial charge is 0.297 e. The van der Waals surface area contributed by atoms with Crippen molar-refractivity contribution in [2.75, 3.05) is 14.1 Å². The van der Waals surface area contributed by atoms with E-state index >= 15 is 0 Å². The molecule has 2 heteroatoms. The molecule has 0 aliphatic carbocycles. The first-order chi connectivity index (χ1) is 4.42. The molecule has 0 spiro atoms. The molecule has 0 heterocycles. The fourth-order valence-corrected chi connectivity index (χ4v) is 0.470. The van der Waals surface area contributed by atoms with Crippen LogP contribution in [-0.4, -0.2) is 30.3 Å². The van der Waals surface area contributed by atoms with Crippen LogP contribution in [0.2, 0.25) is 0 Å². The third kappa shape index (κ3) is 1.67. The zero-order valence-electron chi connectivity index (χ0n) is 7.14. The molecule has 0 bridgehead atoms. The minimum atomic E-state index is -0.415. The Morgan fingerprint density at radius 2 is 1.90 bits per heavy atom. The lowest BCUT2D eigenvalue weighted by Crippen LogP contribution is -2.44. The van der Waals surface area contributed by atoms with E-state index in [1.807, 2.05) is 32.8 Å². The van der Waals surface area contributed by atoms with Crippen LogP contribution in [0, 0.1) is 0 Å². The monoisotopic (exact) mass is 141 g/mol. The van der Waals surface area contributed by atoms with Crippen LogP contribution < -0.4 is 0 Å². The Labute approximate surface area is 62.5 Å². The topological polar surface area (TPSA) is 20.3 Å². The SMILES string of the molecule is C=CC(=O)C(C)(C)N(C)C. The number of hydrogen-bond acceptors (Lipinski definition) is 2. The summed E-state index contributed by atoms with van der Waals surface area (Å²) < 4.78 is 0. The summed E-state index contributed by atoms with van der Waals surface area (Å²) in [6.45, 7) is 7.18. The Morgan fingerprint density at radius 1 is 1.50 bits per heavy atom. The van der Waals surface area contributed by atoms with Gasteiger partial charge in [0.05, 0.1) is 5.54 Å². The van der Waals surface area contributed by atoms with Crippen LogP contribution in [0.4, 0.5) is 0 Å². The fraction of sp³-hybridized carbons (Fsp3) is 0.625. The first-order valence-corrected chi connectivity index (χ1v) is 3.27. The van der Waals surface area contributed by atoms with Crippen molar-refractivity contribution in [3.8, 4) is 0 Å². The number of ketones is 1. The maximum absolute atomic E-state index is 11.1. The van der Waals surface area contributed by atoms with Crippen molar-refractivity contribution in [1.82, 2.24) is 4.90 Å². The highest BCUT2D eigenvalue weighted by Crippen LogP contribution is 2.11. The first-order valence-electron chi connectivity index (χ1n) is 3.27. The van der Waals surface area contributed by atoms with Crippen LogP contribution in [0.1, 0.15) is 13.8 Å². The minimum absolute atomic E-state index is 0.0532. The molecule has 2 nitrogen and oxygen atoms in total. The molecule has 0 fully saturated rings. The second-order valence-electron chi connectivity index (χ2n) is 3.02. The zero-order chi connectivity index (χ0) is 8.36. The molecule has 0 radical (unpaired) electrons. The summed E-state index contributed by atoms with van der Waals surface area (Å²) >= 11 is 0. The molecule has 0 N–H and O–H groups in total. The maximum Gasteiger partial charge on any atom is 0.174 e. The molecule has 0 amide bonds. The van der Waals surface area contributed by atoms with Gasteiger partial charge in [-0.15, -0.1) is 0 Å². The van der Waals surface area contributed by atoms with E-state index in [4.69, 9.17) is 0 Å². The van der Waals surface area contributed by atoms with E-state index < -0.39 is 5.54 Å².